The van der Waals surface area contributed by atoms with Crippen LogP contribution in [0.2, 0.25) is 5.02 Å². The number of aromatic nitrogens is 3. The molecule has 0 saturated heterocycles. The first-order chi connectivity index (χ1) is 15.2. The third-order valence-corrected chi connectivity index (χ3v) is 5.53. The van der Waals surface area contributed by atoms with Crippen LogP contribution in [0, 0.1) is 11.3 Å². The number of halogens is 1. The Morgan fingerprint density at radius 3 is 2.74 bits per heavy atom. The molecule has 4 rings (SSSR count). The Labute approximate surface area is 186 Å². The molecular formula is C24H23ClN4O2. The predicted octanol–water partition coefficient (Wildman–Crippen LogP) is 5.31. The topological polar surface area (TPSA) is 73.0 Å². The molecule has 0 bridgehead atoms. The highest BCUT2D eigenvalue weighted by Crippen LogP contribution is 2.31. The number of hydrogen-bond acceptors (Lipinski definition) is 5. The van der Waals surface area contributed by atoms with Crippen molar-refractivity contribution in [3.05, 3.63) is 70.3 Å². The summed E-state index contributed by atoms with van der Waals surface area (Å²) in [4.78, 5) is 0. The molecule has 6 nitrogen and oxygen atoms in total. The summed E-state index contributed by atoms with van der Waals surface area (Å²) >= 11 is 5.93. The largest absolute Gasteiger partial charge is 0.493 e. The van der Waals surface area contributed by atoms with Crippen molar-refractivity contribution >= 4 is 23.3 Å². The highest BCUT2D eigenvalue weighted by atomic mass is 35.5. The Hall–Kier alpha value is -3.30. The Kier molecular flexibility index (Phi) is 6.54. The van der Waals surface area contributed by atoms with Gasteiger partial charge in [0.15, 0.2) is 17.3 Å². The molecule has 2 heterocycles. The molecule has 7 heteroatoms. The summed E-state index contributed by atoms with van der Waals surface area (Å²) in [7, 11) is 1.60. The van der Waals surface area contributed by atoms with E-state index < -0.39 is 0 Å². The van der Waals surface area contributed by atoms with E-state index in [4.69, 9.17) is 21.1 Å². The lowest BCUT2D eigenvalue weighted by Gasteiger charge is -2.12. The van der Waals surface area contributed by atoms with Crippen LogP contribution in [0.15, 0.2) is 42.5 Å². The molecule has 1 aliphatic rings. The van der Waals surface area contributed by atoms with Crippen molar-refractivity contribution in [1.29, 1.82) is 5.26 Å². The SMILES string of the molecule is COc1cc(C=C(C#N)c2nnc3n2CCCCC3)ccc1OCc1ccc(Cl)cc1. The average Bonchev–Trinajstić information content (AvgIpc) is 3.04. The lowest BCUT2D eigenvalue weighted by atomic mass is 10.1. The van der Waals surface area contributed by atoms with Crippen molar-refractivity contribution in [2.45, 2.75) is 38.8 Å². The Morgan fingerprint density at radius 2 is 1.97 bits per heavy atom. The summed E-state index contributed by atoms with van der Waals surface area (Å²) in [6.45, 7) is 1.25. The molecule has 1 aromatic heterocycles. The summed E-state index contributed by atoms with van der Waals surface area (Å²) in [6, 6.07) is 15.4. The molecule has 0 N–H and O–H groups in total. The van der Waals surface area contributed by atoms with Gasteiger partial charge < -0.3 is 14.0 Å². The summed E-state index contributed by atoms with van der Waals surface area (Å²) in [5, 5.41) is 19.1. The second kappa shape index (κ2) is 9.67. The molecule has 0 amide bonds. The molecule has 0 atom stereocenters. The number of benzene rings is 2. The van der Waals surface area contributed by atoms with Gasteiger partial charge in [0.05, 0.1) is 12.7 Å². The van der Waals surface area contributed by atoms with Crippen LogP contribution in [0.3, 0.4) is 0 Å². The molecule has 1 aliphatic heterocycles. The van der Waals surface area contributed by atoms with E-state index in [0.717, 1.165) is 42.8 Å². The second-order valence-corrected chi connectivity index (χ2v) is 7.83. The number of methoxy groups -OCH3 is 1. The van der Waals surface area contributed by atoms with Crippen LogP contribution in [0.4, 0.5) is 0 Å². The van der Waals surface area contributed by atoms with E-state index in [0.29, 0.717) is 34.5 Å². The minimum atomic E-state index is 0.401. The van der Waals surface area contributed by atoms with Gasteiger partial charge in [0.1, 0.15) is 18.5 Å². The van der Waals surface area contributed by atoms with Gasteiger partial charge in [0.2, 0.25) is 0 Å². The van der Waals surface area contributed by atoms with Gasteiger partial charge in [-0.25, -0.2) is 0 Å². The van der Waals surface area contributed by atoms with Gasteiger partial charge in [-0.2, -0.15) is 5.26 Å². The van der Waals surface area contributed by atoms with Crippen molar-refractivity contribution < 1.29 is 9.47 Å². The smallest absolute Gasteiger partial charge is 0.174 e. The molecule has 3 aromatic rings. The molecule has 0 saturated carbocycles. The maximum Gasteiger partial charge on any atom is 0.174 e. The van der Waals surface area contributed by atoms with Crippen LogP contribution in [0.25, 0.3) is 11.6 Å². The van der Waals surface area contributed by atoms with E-state index in [1.165, 1.54) is 6.42 Å². The van der Waals surface area contributed by atoms with Crippen molar-refractivity contribution in [1.82, 2.24) is 14.8 Å². The summed E-state index contributed by atoms with van der Waals surface area (Å²) in [6.07, 6.45) is 6.07. The predicted molar refractivity (Wildman–Crippen MR) is 120 cm³/mol. The van der Waals surface area contributed by atoms with E-state index in [2.05, 4.69) is 20.8 Å². The minimum absolute atomic E-state index is 0.401. The number of nitriles is 1. The molecule has 0 fully saturated rings. The number of nitrogens with zero attached hydrogens (tertiary/aromatic N) is 4. The van der Waals surface area contributed by atoms with E-state index in [9.17, 15) is 5.26 Å². The van der Waals surface area contributed by atoms with E-state index in [1.54, 1.807) is 7.11 Å². The molecule has 0 radical (unpaired) electrons. The van der Waals surface area contributed by atoms with E-state index >= 15 is 0 Å². The van der Waals surface area contributed by atoms with Gasteiger partial charge >= 0.3 is 0 Å². The lowest BCUT2D eigenvalue weighted by molar-refractivity contribution is 0.284. The molecule has 0 aliphatic carbocycles. The van der Waals surface area contributed by atoms with Crippen molar-refractivity contribution in [3.8, 4) is 17.6 Å². The van der Waals surface area contributed by atoms with Crippen molar-refractivity contribution in [2.24, 2.45) is 0 Å². The molecule has 2 aromatic carbocycles. The number of rotatable bonds is 6. The third-order valence-electron chi connectivity index (χ3n) is 5.28. The standard InChI is InChI=1S/C24H23ClN4O2/c1-30-22-14-18(8-11-21(22)31-16-17-6-9-20(25)10-7-17)13-19(15-26)24-28-27-23-5-3-2-4-12-29(23)24/h6-11,13-14H,2-5,12,16H2,1H3. The Bertz CT molecular complexity index is 1130. The van der Waals surface area contributed by atoms with Crippen LogP contribution in [-0.2, 0) is 19.6 Å². The molecule has 0 unspecified atom stereocenters. The van der Waals surface area contributed by atoms with Crippen LogP contribution in [0.1, 0.15) is 42.0 Å². The first kappa shape index (κ1) is 21.0. The van der Waals surface area contributed by atoms with Crippen molar-refractivity contribution in [2.75, 3.05) is 7.11 Å². The van der Waals surface area contributed by atoms with Gasteiger partial charge in [-0.05, 0) is 54.3 Å². The number of ether oxygens (including phenoxy) is 2. The van der Waals surface area contributed by atoms with Crippen LogP contribution >= 0.6 is 11.6 Å². The number of hydrogen-bond donors (Lipinski definition) is 0. The molecule has 0 spiro atoms. The number of allylic oxidation sites excluding steroid dienone is 1. The zero-order chi connectivity index (χ0) is 21.6. The van der Waals surface area contributed by atoms with Crippen LogP contribution in [0.5, 0.6) is 11.5 Å². The second-order valence-electron chi connectivity index (χ2n) is 7.40. The monoisotopic (exact) mass is 434 g/mol. The van der Waals surface area contributed by atoms with Crippen LogP contribution < -0.4 is 9.47 Å². The normalized spacial score (nSPS) is 13.8. The first-order valence-corrected chi connectivity index (χ1v) is 10.7. The third kappa shape index (κ3) is 4.89. The quantitative estimate of drug-likeness (QED) is 0.491. The van der Waals surface area contributed by atoms with Gasteiger partial charge in [-0.15, -0.1) is 10.2 Å². The summed E-state index contributed by atoms with van der Waals surface area (Å²) < 4.78 is 13.5. The summed E-state index contributed by atoms with van der Waals surface area (Å²) in [5.41, 5.74) is 2.32. The van der Waals surface area contributed by atoms with E-state index in [1.807, 2.05) is 48.5 Å². The zero-order valence-corrected chi connectivity index (χ0v) is 18.1. The fourth-order valence-electron chi connectivity index (χ4n) is 3.63. The average molecular weight is 435 g/mol. The lowest BCUT2D eigenvalue weighted by Crippen LogP contribution is -2.05. The van der Waals surface area contributed by atoms with Crippen molar-refractivity contribution in [3.63, 3.8) is 0 Å². The fourth-order valence-corrected chi connectivity index (χ4v) is 3.76. The molecule has 31 heavy (non-hydrogen) atoms. The number of fused-ring (bicyclic) bond motifs is 1. The van der Waals surface area contributed by atoms with Gasteiger partial charge in [-0.1, -0.05) is 36.2 Å². The van der Waals surface area contributed by atoms with E-state index in [-0.39, 0.29) is 0 Å². The van der Waals surface area contributed by atoms with Crippen LogP contribution in [-0.4, -0.2) is 21.9 Å². The maximum absolute atomic E-state index is 9.78. The molecule has 158 valence electrons. The Morgan fingerprint density at radius 1 is 1.13 bits per heavy atom. The first-order valence-electron chi connectivity index (χ1n) is 10.3. The number of aryl methyl sites for hydroxylation is 1. The summed E-state index contributed by atoms with van der Waals surface area (Å²) in [5.74, 6) is 2.81. The molecular weight excluding hydrogens is 412 g/mol. The maximum atomic E-state index is 9.78. The Balaban J connectivity index is 1.56. The van der Waals surface area contributed by atoms with Gasteiger partial charge in [0, 0.05) is 18.0 Å². The zero-order valence-electron chi connectivity index (χ0n) is 17.3. The van der Waals surface area contributed by atoms with Gasteiger partial charge in [0.25, 0.3) is 0 Å². The highest BCUT2D eigenvalue weighted by molar-refractivity contribution is 6.30. The fraction of sp³-hybridized carbons (Fsp3) is 0.292. The minimum Gasteiger partial charge on any atom is -0.493 e. The highest BCUT2D eigenvalue weighted by Gasteiger charge is 2.18. The van der Waals surface area contributed by atoms with Gasteiger partial charge in [-0.3, -0.25) is 0 Å².